The summed E-state index contributed by atoms with van der Waals surface area (Å²) in [5.74, 6) is 1.21. The molecule has 3 rings (SSSR count). The number of esters is 1. The molecule has 158 valence electrons. The second-order valence-corrected chi connectivity index (χ2v) is 8.23. The molecule has 0 saturated heterocycles. The normalized spacial score (nSPS) is 12.0. The number of aromatic nitrogens is 3. The first-order chi connectivity index (χ1) is 14.5. The van der Waals surface area contributed by atoms with Gasteiger partial charge in [-0.3, -0.25) is 0 Å². The highest BCUT2D eigenvalue weighted by Crippen LogP contribution is 2.26. The summed E-state index contributed by atoms with van der Waals surface area (Å²) in [6.07, 6.45) is 1.86. The summed E-state index contributed by atoms with van der Waals surface area (Å²) in [6, 6.07) is 15.8. The minimum Gasteiger partial charge on any atom is -0.465 e. The van der Waals surface area contributed by atoms with Crippen molar-refractivity contribution in [2.75, 3.05) is 7.11 Å². The van der Waals surface area contributed by atoms with E-state index in [4.69, 9.17) is 10.5 Å². The molecule has 1 aromatic heterocycles. The van der Waals surface area contributed by atoms with E-state index in [9.17, 15) is 4.79 Å². The van der Waals surface area contributed by atoms with E-state index in [-0.39, 0.29) is 12.0 Å². The van der Waals surface area contributed by atoms with E-state index in [0.717, 1.165) is 35.1 Å². The van der Waals surface area contributed by atoms with Crippen LogP contribution in [0, 0.1) is 6.92 Å². The third kappa shape index (κ3) is 5.49. The van der Waals surface area contributed by atoms with Gasteiger partial charge in [0.15, 0.2) is 11.0 Å². The van der Waals surface area contributed by atoms with Crippen molar-refractivity contribution in [2.24, 2.45) is 5.73 Å². The monoisotopic (exact) mass is 424 g/mol. The summed E-state index contributed by atoms with van der Waals surface area (Å²) in [6.45, 7) is 4.88. The fraction of sp³-hybridized carbons (Fsp3) is 0.348. The molecule has 0 fully saturated rings. The summed E-state index contributed by atoms with van der Waals surface area (Å²) in [7, 11) is 1.38. The van der Waals surface area contributed by atoms with Crippen molar-refractivity contribution in [2.45, 2.75) is 50.2 Å². The van der Waals surface area contributed by atoms with E-state index in [2.05, 4.69) is 52.9 Å². The Morgan fingerprint density at radius 1 is 1.10 bits per heavy atom. The number of benzene rings is 2. The molecule has 6 nitrogen and oxygen atoms in total. The van der Waals surface area contributed by atoms with Crippen molar-refractivity contribution in [3.63, 3.8) is 0 Å². The second kappa shape index (κ2) is 10.4. The summed E-state index contributed by atoms with van der Waals surface area (Å²) < 4.78 is 6.88. The Morgan fingerprint density at radius 2 is 1.77 bits per heavy atom. The van der Waals surface area contributed by atoms with E-state index in [1.807, 2.05) is 12.1 Å². The lowest BCUT2D eigenvalue weighted by atomic mass is 10.1. The Kier molecular flexibility index (Phi) is 7.65. The van der Waals surface area contributed by atoms with Crippen molar-refractivity contribution < 1.29 is 9.53 Å². The van der Waals surface area contributed by atoms with Crippen LogP contribution in [-0.2, 0) is 17.0 Å². The highest BCUT2D eigenvalue weighted by molar-refractivity contribution is 7.98. The van der Waals surface area contributed by atoms with Crippen molar-refractivity contribution in [3.8, 4) is 0 Å². The Labute approximate surface area is 181 Å². The van der Waals surface area contributed by atoms with E-state index < -0.39 is 0 Å². The second-order valence-electron chi connectivity index (χ2n) is 7.28. The van der Waals surface area contributed by atoms with Crippen LogP contribution in [0.25, 0.3) is 0 Å². The number of aryl methyl sites for hydroxylation is 1. The van der Waals surface area contributed by atoms with Gasteiger partial charge >= 0.3 is 5.97 Å². The van der Waals surface area contributed by atoms with Gasteiger partial charge in [-0.15, -0.1) is 10.2 Å². The predicted octanol–water partition coefficient (Wildman–Crippen LogP) is 4.51. The fourth-order valence-electron chi connectivity index (χ4n) is 3.15. The van der Waals surface area contributed by atoms with Crippen LogP contribution in [0.2, 0.25) is 0 Å². The Hall–Kier alpha value is -2.64. The molecule has 3 aromatic rings. The molecule has 1 heterocycles. The third-order valence-corrected chi connectivity index (χ3v) is 5.92. The molecule has 0 aliphatic heterocycles. The first kappa shape index (κ1) is 22.1. The van der Waals surface area contributed by atoms with Gasteiger partial charge in [0.05, 0.1) is 25.3 Å². The largest absolute Gasteiger partial charge is 0.465 e. The lowest BCUT2D eigenvalue weighted by Gasteiger charge is -2.14. The smallest absolute Gasteiger partial charge is 0.337 e. The van der Waals surface area contributed by atoms with E-state index >= 15 is 0 Å². The molecule has 0 spiro atoms. The quantitative estimate of drug-likeness (QED) is 0.402. The van der Waals surface area contributed by atoms with Crippen LogP contribution in [0.3, 0.4) is 0 Å². The zero-order valence-corrected chi connectivity index (χ0v) is 18.5. The molecule has 1 unspecified atom stereocenters. The average molecular weight is 425 g/mol. The van der Waals surface area contributed by atoms with Gasteiger partial charge in [-0.2, -0.15) is 0 Å². The molecule has 0 bridgehead atoms. The van der Waals surface area contributed by atoms with Crippen molar-refractivity contribution in [1.82, 2.24) is 14.8 Å². The predicted molar refractivity (Wildman–Crippen MR) is 119 cm³/mol. The zero-order chi connectivity index (χ0) is 21.5. The molecule has 0 saturated carbocycles. The van der Waals surface area contributed by atoms with Crippen LogP contribution in [0.15, 0.2) is 53.7 Å². The maximum Gasteiger partial charge on any atom is 0.337 e. The number of nitrogens with zero attached hydrogens (tertiary/aromatic N) is 3. The minimum atomic E-state index is -0.332. The van der Waals surface area contributed by atoms with Crippen LogP contribution in [0.4, 0.5) is 0 Å². The Balaban J connectivity index is 1.79. The van der Waals surface area contributed by atoms with Gasteiger partial charge in [0.2, 0.25) is 0 Å². The van der Waals surface area contributed by atoms with Gasteiger partial charge < -0.3 is 15.0 Å². The molecule has 0 amide bonds. The summed E-state index contributed by atoms with van der Waals surface area (Å²) >= 11 is 1.62. The van der Waals surface area contributed by atoms with Gasteiger partial charge in [-0.25, -0.2) is 4.79 Å². The first-order valence-electron chi connectivity index (χ1n) is 10.1. The van der Waals surface area contributed by atoms with Crippen LogP contribution >= 0.6 is 11.8 Å². The van der Waals surface area contributed by atoms with Crippen molar-refractivity contribution in [1.29, 1.82) is 0 Å². The van der Waals surface area contributed by atoms with Gasteiger partial charge in [0.25, 0.3) is 0 Å². The standard InChI is InChI=1S/C23H28N4O2S/c1-4-5-20(24)21-25-26-23(27(21)14-17-8-6-16(2)7-9-17)30-15-18-10-12-19(13-11-18)22(28)29-3/h6-13,20H,4-5,14-15,24H2,1-3H3. The third-order valence-electron chi connectivity index (χ3n) is 4.88. The number of carbonyl (C=O) groups excluding carboxylic acids is 1. The highest BCUT2D eigenvalue weighted by Gasteiger charge is 2.18. The minimum absolute atomic E-state index is 0.137. The maximum atomic E-state index is 11.6. The summed E-state index contributed by atoms with van der Waals surface area (Å²) in [5, 5.41) is 9.69. The summed E-state index contributed by atoms with van der Waals surface area (Å²) in [4.78, 5) is 11.6. The van der Waals surface area contributed by atoms with E-state index in [0.29, 0.717) is 12.1 Å². The number of rotatable bonds is 9. The highest BCUT2D eigenvalue weighted by atomic mass is 32.2. The number of hydrogen-bond acceptors (Lipinski definition) is 6. The molecule has 30 heavy (non-hydrogen) atoms. The molecule has 2 N–H and O–H groups in total. The number of thioether (sulfide) groups is 1. The number of carbonyl (C=O) groups is 1. The Bertz CT molecular complexity index is 968. The number of hydrogen-bond donors (Lipinski definition) is 1. The Morgan fingerprint density at radius 3 is 2.40 bits per heavy atom. The molecule has 0 radical (unpaired) electrons. The summed E-state index contributed by atoms with van der Waals surface area (Å²) in [5.41, 5.74) is 10.4. The molecular weight excluding hydrogens is 396 g/mol. The molecular formula is C23H28N4O2S. The SMILES string of the molecule is CCCC(N)c1nnc(SCc2ccc(C(=O)OC)cc2)n1Cc1ccc(C)cc1. The maximum absolute atomic E-state index is 11.6. The average Bonchev–Trinajstić information content (AvgIpc) is 3.16. The molecule has 2 aromatic carbocycles. The van der Waals surface area contributed by atoms with E-state index in [1.54, 1.807) is 23.9 Å². The molecule has 0 aliphatic rings. The zero-order valence-electron chi connectivity index (χ0n) is 17.7. The first-order valence-corrected chi connectivity index (χ1v) is 11.0. The number of nitrogens with two attached hydrogens (primary N) is 1. The number of methoxy groups -OCH3 is 1. The number of ether oxygens (including phenoxy) is 1. The lowest BCUT2D eigenvalue weighted by molar-refractivity contribution is 0.0600. The van der Waals surface area contributed by atoms with Gasteiger partial charge in [-0.1, -0.05) is 67.1 Å². The van der Waals surface area contributed by atoms with Gasteiger partial charge in [0, 0.05) is 5.75 Å². The molecule has 1 atom stereocenters. The van der Waals surface area contributed by atoms with Gasteiger partial charge in [0.1, 0.15) is 0 Å². The lowest BCUT2D eigenvalue weighted by Crippen LogP contribution is -2.17. The van der Waals surface area contributed by atoms with Crippen LogP contribution in [-0.4, -0.2) is 27.8 Å². The van der Waals surface area contributed by atoms with Crippen molar-refractivity contribution >= 4 is 17.7 Å². The van der Waals surface area contributed by atoms with Gasteiger partial charge in [-0.05, 0) is 36.6 Å². The van der Waals surface area contributed by atoms with Crippen LogP contribution < -0.4 is 5.73 Å². The molecule has 0 aliphatic carbocycles. The van der Waals surface area contributed by atoms with Crippen LogP contribution in [0.5, 0.6) is 0 Å². The van der Waals surface area contributed by atoms with E-state index in [1.165, 1.54) is 18.2 Å². The topological polar surface area (TPSA) is 83.0 Å². The fourth-order valence-corrected chi connectivity index (χ4v) is 4.05. The van der Waals surface area contributed by atoms with Crippen LogP contribution in [0.1, 0.15) is 58.7 Å². The molecule has 7 heteroatoms. The van der Waals surface area contributed by atoms with Crippen molar-refractivity contribution in [3.05, 3.63) is 76.6 Å².